The number of aliphatic hydroxyl groups is 1. The summed E-state index contributed by atoms with van der Waals surface area (Å²) in [6.07, 6.45) is -0.622. The van der Waals surface area contributed by atoms with Crippen molar-refractivity contribution in [2.75, 3.05) is 0 Å². The Bertz CT molecular complexity index is 366. The molecule has 0 aliphatic carbocycles. The number of amides is 1. The molecule has 3 nitrogen and oxygen atoms in total. The predicted octanol–water partition coefficient (Wildman–Crippen LogP) is 2.27. The second-order valence-corrected chi connectivity index (χ2v) is 5.35. The van der Waals surface area contributed by atoms with Crippen LogP contribution >= 0.6 is 0 Å². The van der Waals surface area contributed by atoms with Gasteiger partial charge in [-0.15, -0.1) is 0 Å². The average Bonchev–Trinajstić information content (AvgIpc) is 2.25. The molecule has 1 amide bonds. The van der Waals surface area contributed by atoms with Crippen molar-refractivity contribution in [3.63, 3.8) is 0 Å². The molecule has 0 aliphatic rings. The van der Waals surface area contributed by atoms with Crippen molar-refractivity contribution in [1.82, 2.24) is 5.32 Å². The summed E-state index contributed by atoms with van der Waals surface area (Å²) >= 11 is 0. The van der Waals surface area contributed by atoms with Gasteiger partial charge in [0.2, 0.25) is 5.91 Å². The van der Waals surface area contributed by atoms with Gasteiger partial charge in [-0.05, 0) is 12.5 Å². The summed E-state index contributed by atoms with van der Waals surface area (Å²) in [5.74, 6) is -0.0627. The van der Waals surface area contributed by atoms with E-state index in [0.29, 0.717) is 0 Å². The summed E-state index contributed by atoms with van der Waals surface area (Å²) in [6.45, 7) is 7.24. The number of nitrogens with one attached hydrogen (secondary N) is 1. The monoisotopic (exact) mass is 235 g/mol. The average molecular weight is 235 g/mol. The molecular weight excluding hydrogens is 214 g/mol. The van der Waals surface area contributed by atoms with Gasteiger partial charge in [-0.1, -0.05) is 51.1 Å². The lowest BCUT2D eigenvalue weighted by Crippen LogP contribution is -2.41. The van der Waals surface area contributed by atoms with Crippen LogP contribution in [0.1, 0.15) is 39.3 Å². The van der Waals surface area contributed by atoms with E-state index in [9.17, 15) is 9.90 Å². The SMILES string of the molecule is C[C@H](O)[C@H](NC(=O)C(C)(C)C)c1ccccc1. The Kier molecular flexibility index (Phi) is 4.29. The fourth-order valence-corrected chi connectivity index (χ4v) is 1.50. The second-order valence-electron chi connectivity index (χ2n) is 5.35. The molecule has 0 radical (unpaired) electrons. The topological polar surface area (TPSA) is 49.3 Å². The Hall–Kier alpha value is -1.35. The molecule has 0 saturated carbocycles. The van der Waals surface area contributed by atoms with Crippen molar-refractivity contribution in [2.24, 2.45) is 5.41 Å². The van der Waals surface area contributed by atoms with Gasteiger partial charge in [0.25, 0.3) is 0 Å². The smallest absolute Gasteiger partial charge is 0.225 e. The van der Waals surface area contributed by atoms with Gasteiger partial charge in [-0.3, -0.25) is 4.79 Å². The molecular formula is C14H21NO2. The van der Waals surface area contributed by atoms with Crippen LogP contribution in [0.25, 0.3) is 0 Å². The molecule has 0 aromatic heterocycles. The normalized spacial score (nSPS) is 15.1. The van der Waals surface area contributed by atoms with E-state index >= 15 is 0 Å². The van der Waals surface area contributed by atoms with Crippen molar-refractivity contribution in [1.29, 1.82) is 0 Å². The minimum atomic E-state index is -0.622. The van der Waals surface area contributed by atoms with Crippen LogP contribution in [0, 0.1) is 5.41 Å². The maximum absolute atomic E-state index is 11.9. The third kappa shape index (κ3) is 3.86. The maximum Gasteiger partial charge on any atom is 0.225 e. The highest BCUT2D eigenvalue weighted by Crippen LogP contribution is 2.20. The first-order valence-corrected chi connectivity index (χ1v) is 5.86. The zero-order valence-corrected chi connectivity index (χ0v) is 10.9. The van der Waals surface area contributed by atoms with Crippen LogP contribution in [-0.4, -0.2) is 17.1 Å². The zero-order valence-electron chi connectivity index (χ0n) is 10.9. The lowest BCUT2D eigenvalue weighted by Gasteiger charge is -2.26. The van der Waals surface area contributed by atoms with Gasteiger partial charge in [-0.2, -0.15) is 0 Å². The number of rotatable bonds is 3. The number of hydrogen-bond acceptors (Lipinski definition) is 2. The summed E-state index contributed by atoms with van der Waals surface area (Å²) in [5.41, 5.74) is 0.460. The van der Waals surface area contributed by atoms with Gasteiger partial charge >= 0.3 is 0 Å². The van der Waals surface area contributed by atoms with Gasteiger partial charge in [0, 0.05) is 5.41 Å². The van der Waals surface area contributed by atoms with Crippen molar-refractivity contribution >= 4 is 5.91 Å². The molecule has 17 heavy (non-hydrogen) atoms. The van der Waals surface area contributed by atoms with Crippen molar-refractivity contribution in [3.8, 4) is 0 Å². The lowest BCUT2D eigenvalue weighted by atomic mass is 9.93. The fraction of sp³-hybridized carbons (Fsp3) is 0.500. The molecule has 2 N–H and O–H groups in total. The minimum absolute atomic E-state index is 0.0627. The number of hydrogen-bond donors (Lipinski definition) is 2. The number of carbonyl (C=O) groups is 1. The second kappa shape index (κ2) is 5.32. The van der Waals surface area contributed by atoms with Crippen LogP contribution in [0.4, 0.5) is 0 Å². The first-order valence-electron chi connectivity index (χ1n) is 5.86. The number of benzene rings is 1. The summed E-state index contributed by atoms with van der Waals surface area (Å²) in [5, 5.41) is 12.6. The van der Waals surface area contributed by atoms with E-state index in [2.05, 4.69) is 5.32 Å². The molecule has 0 spiro atoms. The first kappa shape index (κ1) is 13.7. The Balaban J connectivity index is 2.86. The van der Waals surface area contributed by atoms with Crippen LogP contribution in [0.2, 0.25) is 0 Å². The maximum atomic E-state index is 11.9. The van der Waals surface area contributed by atoms with Gasteiger partial charge in [-0.25, -0.2) is 0 Å². The quantitative estimate of drug-likeness (QED) is 0.844. The molecule has 2 atom stereocenters. The molecule has 3 heteroatoms. The van der Waals surface area contributed by atoms with E-state index in [1.54, 1.807) is 6.92 Å². The predicted molar refractivity (Wildman–Crippen MR) is 68.5 cm³/mol. The number of carbonyl (C=O) groups excluding carboxylic acids is 1. The van der Waals surface area contributed by atoms with Gasteiger partial charge in [0.05, 0.1) is 12.1 Å². The Morgan fingerprint density at radius 2 is 1.76 bits per heavy atom. The Morgan fingerprint density at radius 1 is 1.24 bits per heavy atom. The summed E-state index contributed by atoms with van der Waals surface area (Å²) < 4.78 is 0. The molecule has 1 aromatic rings. The van der Waals surface area contributed by atoms with Crippen molar-refractivity contribution in [2.45, 2.75) is 39.8 Å². The summed E-state index contributed by atoms with van der Waals surface area (Å²) in [6, 6.07) is 9.15. The standard InChI is InChI=1S/C14H21NO2/c1-10(16)12(11-8-6-5-7-9-11)15-13(17)14(2,3)4/h5-10,12,16H,1-4H3,(H,15,17)/t10-,12-/m0/s1. The third-order valence-electron chi connectivity index (χ3n) is 2.61. The Labute approximate surface area is 103 Å². The molecule has 1 aromatic carbocycles. The summed E-state index contributed by atoms with van der Waals surface area (Å²) in [4.78, 5) is 11.9. The lowest BCUT2D eigenvalue weighted by molar-refractivity contribution is -0.130. The molecule has 0 fully saturated rings. The van der Waals surface area contributed by atoms with E-state index in [1.807, 2.05) is 51.1 Å². The van der Waals surface area contributed by atoms with Crippen LogP contribution in [0.3, 0.4) is 0 Å². The van der Waals surface area contributed by atoms with Crippen LogP contribution < -0.4 is 5.32 Å². The number of aliphatic hydroxyl groups excluding tert-OH is 1. The minimum Gasteiger partial charge on any atom is -0.391 e. The summed E-state index contributed by atoms with van der Waals surface area (Å²) in [7, 11) is 0. The van der Waals surface area contributed by atoms with E-state index < -0.39 is 11.5 Å². The van der Waals surface area contributed by atoms with Crippen molar-refractivity contribution in [3.05, 3.63) is 35.9 Å². The van der Waals surface area contributed by atoms with Crippen LogP contribution in [-0.2, 0) is 4.79 Å². The van der Waals surface area contributed by atoms with E-state index in [-0.39, 0.29) is 11.9 Å². The third-order valence-corrected chi connectivity index (χ3v) is 2.61. The highest BCUT2D eigenvalue weighted by Gasteiger charge is 2.26. The van der Waals surface area contributed by atoms with E-state index in [0.717, 1.165) is 5.56 Å². The molecule has 0 bridgehead atoms. The van der Waals surface area contributed by atoms with Gasteiger partial charge < -0.3 is 10.4 Å². The Morgan fingerprint density at radius 3 is 2.18 bits per heavy atom. The van der Waals surface area contributed by atoms with Gasteiger partial charge in [0.15, 0.2) is 0 Å². The molecule has 0 unspecified atom stereocenters. The van der Waals surface area contributed by atoms with Crippen molar-refractivity contribution < 1.29 is 9.90 Å². The molecule has 94 valence electrons. The first-order chi connectivity index (χ1) is 7.82. The van der Waals surface area contributed by atoms with Gasteiger partial charge in [0.1, 0.15) is 0 Å². The van der Waals surface area contributed by atoms with E-state index in [1.165, 1.54) is 0 Å². The van der Waals surface area contributed by atoms with Crippen LogP contribution in [0.5, 0.6) is 0 Å². The van der Waals surface area contributed by atoms with Crippen LogP contribution in [0.15, 0.2) is 30.3 Å². The molecule has 0 saturated heterocycles. The molecule has 0 aliphatic heterocycles. The largest absolute Gasteiger partial charge is 0.391 e. The molecule has 0 heterocycles. The highest BCUT2D eigenvalue weighted by molar-refractivity contribution is 5.81. The molecule has 1 rings (SSSR count). The zero-order chi connectivity index (χ0) is 13.1. The highest BCUT2D eigenvalue weighted by atomic mass is 16.3. The van der Waals surface area contributed by atoms with E-state index in [4.69, 9.17) is 0 Å². The fourth-order valence-electron chi connectivity index (χ4n) is 1.50.